The third-order valence-corrected chi connectivity index (χ3v) is 3.19. The van der Waals surface area contributed by atoms with E-state index < -0.39 is 11.8 Å². The van der Waals surface area contributed by atoms with Crippen molar-refractivity contribution in [3.63, 3.8) is 0 Å². The number of hydrogen-bond donors (Lipinski definition) is 0. The first-order valence-electron chi connectivity index (χ1n) is 7.53. The Labute approximate surface area is 140 Å². The van der Waals surface area contributed by atoms with Crippen molar-refractivity contribution in [1.82, 2.24) is 0 Å². The van der Waals surface area contributed by atoms with E-state index in [0.29, 0.717) is 23.7 Å². The maximum Gasteiger partial charge on any atom is 0.367 e. The van der Waals surface area contributed by atoms with E-state index in [0.717, 1.165) is 11.6 Å². The highest BCUT2D eigenvalue weighted by Gasteiger charge is 2.11. The van der Waals surface area contributed by atoms with Crippen LogP contribution in [0.1, 0.15) is 18.1 Å². The molecule has 0 unspecified atom stereocenters. The first kappa shape index (κ1) is 17.5. The number of methoxy groups -OCH3 is 1. The standard InChI is InChI=1S/C19H19FO4/c1-3-23-19(21)16(20)11-15-9-10-17(18(12-15)22-2)24-13-14-7-5-4-6-8-14/h4-12H,3,13H2,1-2H3. The van der Waals surface area contributed by atoms with Gasteiger partial charge in [-0.25, -0.2) is 4.79 Å². The van der Waals surface area contributed by atoms with Crippen molar-refractivity contribution in [3.05, 3.63) is 65.5 Å². The molecule has 0 aliphatic heterocycles. The lowest BCUT2D eigenvalue weighted by molar-refractivity contribution is -0.140. The summed E-state index contributed by atoms with van der Waals surface area (Å²) in [6.45, 7) is 2.13. The van der Waals surface area contributed by atoms with Gasteiger partial charge in [-0.05, 0) is 36.3 Å². The minimum Gasteiger partial charge on any atom is -0.493 e. The molecule has 0 spiro atoms. The molecule has 0 atom stereocenters. The van der Waals surface area contributed by atoms with Gasteiger partial charge in [0.1, 0.15) is 6.61 Å². The lowest BCUT2D eigenvalue weighted by Crippen LogP contribution is -2.04. The molecule has 0 aliphatic rings. The van der Waals surface area contributed by atoms with Crippen molar-refractivity contribution in [2.45, 2.75) is 13.5 Å². The Morgan fingerprint density at radius 3 is 2.54 bits per heavy atom. The van der Waals surface area contributed by atoms with Crippen molar-refractivity contribution >= 4 is 12.0 Å². The minimum absolute atomic E-state index is 0.121. The van der Waals surface area contributed by atoms with Crippen LogP contribution in [-0.2, 0) is 16.1 Å². The highest BCUT2D eigenvalue weighted by molar-refractivity contribution is 5.91. The van der Waals surface area contributed by atoms with Crippen LogP contribution in [0, 0.1) is 0 Å². The molecular weight excluding hydrogens is 311 g/mol. The normalized spacial score (nSPS) is 11.0. The van der Waals surface area contributed by atoms with Gasteiger partial charge in [-0.15, -0.1) is 0 Å². The molecule has 0 heterocycles. The monoisotopic (exact) mass is 330 g/mol. The predicted molar refractivity (Wildman–Crippen MR) is 89.5 cm³/mol. The molecule has 0 bridgehead atoms. The average molecular weight is 330 g/mol. The Morgan fingerprint density at radius 1 is 1.12 bits per heavy atom. The van der Waals surface area contributed by atoms with Gasteiger partial charge in [-0.1, -0.05) is 36.4 Å². The topological polar surface area (TPSA) is 44.8 Å². The lowest BCUT2D eigenvalue weighted by atomic mass is 10.2. The van der Waals surface area contributed by atoms with Crippen LogP contribution in [0.4, 0.5) is 4.39 Å². The number of halogens is 1. The summed E-state index contributed by atoms with van der Waals surface area (Å²) in [4.78, 5) is 11.3. The second-order valence-corrected chi connectivity index (χ2v) is 4.90. The molecule has 2 aromatic carbocycles. The van der Waals surface area contributed by atoms with E-state index in [2.05, 4.69) is 4.74 Å². The Balaban J connectivity index is 2.12. The van der Waals surface area contributed by atoms with Crippen LogP contribution in [0.3, 0.4) is 0 Å². The van der Waals surface area contributed by atoms with E-state index in [1.165, 1.54) is 7.11 Å². The lowest BCUT2D eigenvalue weighted by Gasteiger charge is -2.11. The van der Waals surface area contributed by atoms with Crippen LogP contribution in [0.25, 0.3) is 6.08 Å². The second kappa shape index (κ2) is 8.72. The van der Waals surface area contributed by atoms with Crippen LogP contribution in [-0.4, -0.2) is 19.7 Å². The Bertz CT molecular complexity index is 711. The zero-order valence-electron chi connectivity index (χ0n) is 13.6. The van der Waals surface area contributed by atoms with Crippen LogP contribution in [0.2, 0.25) is 0 Å². The molecule has 0 amide bonds. The number of esters is 1. The number of carbonyl (C=O) groups excluding carboxylic acids is 1. The van der Waals surface area contributed by atoms with Crippen molar-refractivity contribution in [1.29, 1.82) is 0 Å². The van der Waals surface area contributed by atoms with Crippen molar-refractivity contribution < 1.29 is 23.4 Å². The summed E-state index contributed by atoms with van der Waals surface area (Å²) >= 11 is 0. The van der Waals surface area contributed by atoms with Gasteiger partial charge in [0, 0.05) is 0 Å². The van der Waals surface area contributed by atoms with Crippen molar-refractivity contribution in [2.24, 2.45) is 0 Å². The number of carbonyl (C=O) groups is 1. The minimum atomic E-state index is -0.985. The zero-order chi connectivity index (χ0) is 17.4. The van der Waals surface area contributed by atoms with Gasteiger partial charge in [0.2, 0.25) is 5.83 Å². The molecule has 126 valence electrons. The summed E-state index contributed by atoms with van der Waals surface area (Å²) in [6, 6.07) is 14.6. The third kappa shape index (κ3) is 4.84. The maximum absolute atomic E-state index is 13.7. The first-order valence-corrected chi connectivity index (χ1v) is 7.53. The van der Waals surface area contributed by atoms with Crippen LogP contribution >= 0.6 is 0 Å². The molecular formula is C19H19FO4. The summed E-state index contributed by atoms with van der Waals surface area (Å²) in [5, 5.41) is 0. The fraction of sp³-hybridized carbons (Fsp3) is 0.211. The predicted octanol–water partition coefficient (Wildman–Crippen LogP) is 4.15. The Hall–Kier alpha value is -2.82. The van der Waals surface area contributed by atoms with E-state index in [1.54, 1.807) is 25.1 Å². The van der Waals surface area contributed by atoms with Crippen molar-refractivity contribution in [2.75, 3.05) is 13.7 Å². The summed E-state index contributed by atoms with van der Waals surface area (Å²) in [5.74, 6) is -0.955. The second-order valence-electron chi connectivity index (χ2n) is 4.90. The van der Waals surface area contributed by atoms with Gasteiger partial charge in [-0.2, -0.15) is 4.39 Å². The third-order valence-electron chi connectivity index (χ3n) is 3.19. The van der Waals surface area contributed by atoms with Gasteiger partial charge >= 0.3 is 5.97 Å². The Kier molecular flexibility index (Phi) is 6.37. The highest BCUT2D eigenvalue weighted by atomic mass is 19.1. The van der Waals surface area contributed by atoms with E-state index in [4.69, 9.17) is 9.47 Å². The summed E-state index contributed by atoms with van der Waals surface area (Å²) in [6.07, 6.45) is 1.10. The Morgan fingerprint density at radius 2 is 1.88 bits per heavy atom. The van der Waals surface area contributed by atoms with Gasteiger partial charge < -0.3 is 14.2 Å². The molecule has 4 nitrogen and oxygen atoms in total. The smallest absolute Gasteiger partial charge is 0.367 e. The van der Waals surface area contributed by atoms with E-state index in [9.17, 15) is 9.18 Å². The molecule has 24 heavy (non-hydrogen) atoms. The zero-order valence-corrected chi connectivity index (χ0v) is 13.6. The van der Waals surface area contributed by atoms with Crippen LogP contribution < -0.4 is 9.47 Å². The molecule has 2 rings (SSSR count). The molecule has 0 radical (unpaired) electrons. The maximum atomic E-state index is 13.7. The SMILES string of the molecule is CCOC(=O)C(F)=Cc1ccc(OCc2ccccc2)c(OC)c1. The van der Waals surface area contributed by atoms with Crippen LogP contribution in [0.5, 0.6) is 11.5 Å². The molecule has 2 aromatic rings. The van der Waals surface area contributed by atoms with E-state index in [1.807, 2.05) is 30.3 Å². The summed E-state index contributed by atoms with van der Waals surface area (Å²) < 4.78 is 29.3. The average Bonchev–Trinajstić information content (AvgIpc) is 2.61. The number of benzene rings is 2. The van der Waals surface area contributed by atoms with Gasteiger partial charge in [-0.3, -0.25) is 0 Å². The van der Waals surface area contributed by atoms with Crippen molar-refractivity contribution in [3.8, 4) is 11.5 Å². The quantitative estimate of drug-likeness (QED) is 0.565. The molecule has 0 saturated heterocycles. The van der Waals surface area contributed by atoms with Gasteiger partial charge in [0.05, 0.1) is 13.7 Å². The molecule has 5 heteroatoms. The highest BCUT2D eigenvalue weighted by Crippen LogP contribution is 2.29. The molecule has 0 aromatic heterocycles. The summed E-state index contributed by atoms with van der Waals surface area (Å²) in [7, 11) is 1.50. The first-order chi connectivity index (χ1) is 11.6. The van der Waals surface area contributed by atoms with Crippen LogP contribution in [0.15, 0.2) is 54.4 Å². The number of hydrogen-bond acceptors (Lipinski definition) is 4. The fourth-order valence-electron chi connectivity index (χ4n) is 2.03. The van der Waals surface area contributed by atoms with E-state index in [-0.39, 0.29) is 6.61 Å². The molecule has 0 aliphatic carbocycles. The largest absolute Gasteiger partial charge is 0.493 e. The molecule has 0 fully saturated rings. The number of rotatable bonds is 7. The number of ether oxygens (including phenoxy) is 3. The fourth-order valence-corrected chi connectivity index (χ4v) is 2.03. The van der Waals surface area contributed by atoms with Gasteiger partial charge in [0.15, 0.2) is 11.5 Å². The van der Waals surface area contributed by atoms with E-state index >= 15 is 0 Å². The molecule has 0 N–H and O–H groups in total. The summed E-state index contributed by atoms with van der Waals surface area (Å²) in [5.41, 5.74) is 1.50. The molecule has 0 saturated carbocycles. The van der Waals surface area contributed by atoms with Gasteiger partial charge in [0.25, 0.3) is 0 Å².